The van der Waals surface area contributed by atoms with Crippen LogP contribution in [0.5, 0.6) is 0 Å². The number of aromatic carboxylic acids is 1. The van der Waals surface area contributed by atoms with Gasteiger partial charge >= 0.3 is 11.7 Å². The monoisotopic (exact) mass is 237 g/mol. The lowest BCUT2D eigenvalue weighted by Gasteiger charge is -1.99. The molecule has 2 heterocycles. The second-order valence-electron chi connectivity index (χ2n) is 3.22. The first kappa shape index (κ1) is 10.9. The molecule has 0 amide bonds. The van der Waals surface area contributed by atoms with E-state index in [4.69, 9.17) is 9.63 Å². The molecule has 2 aromatic rings. The lowest BCUT2D eigenvalue weighted by atomic mass is 10.3. The minimum absolute atomic E-state index is 0.00407. The fourth-order valence-corrected chi connectivity index (χ4v) is 1.22. The van der Waals surface area contributed by atoms with Crippen molar-refractivity contribution in [2.24, 2.45) is 0 Å². The van der Waals surface area contributed by atoms with E-state index in [0.29, 0.717) is 0 Å². The lowest BCUT2D eigenvalue weighted by molar-refractivity contribution is 0.0685. The van der Waals surface area contributed by atoms with Crippen molar-refractivity contribution in [1.29, 1.82) is 0 Å². The van der Waals surface area contributed by atoms with Gasteiger partial charge in [0.05, 0.1) is 6.54 Å². The van der Waals surface area contributed by atoms with E-state index in [1.165, 1.54) is 18.3 Å². The van der Waals surface area contributed by atoms with Crippen LogP contribution in [0.4, 0.5) is 0 Å². The second-order valence-corrected chi connectivity index (χ2v) is 3.22. The standard InChI is InChI=1S/C9H7N3O5/c13-7-1-2-12(9(16)10-7)4-5-3-6(8(14)15)11-17-5/h1-3H,4H2,(H,14,15)(H,10,13,16). The summed E-state index contributed by atoms with van der Waals surface area (Å²) < 4.78 is 5.89. The molecule has 2 rings (SSSR count). The van der Waals surface area contributed by atoms with Crippen molar-refractivity contribution in [2.45, 2.75) is 6.54 Å². The van der Waals surface area contributed by atoms with Crippen LogP contribution in [-0.4, -0.2) is 25.8 Å². The van der Waals surface area contributed by atoms with Gasteiger partial charge in [-0.3, -0.25) is 14.3 Å². The van der Waals surface area contributed by atoms with Gasteiger partial charge in [-0.25, -0.2) is 9.59 Å². The molecule has 0 bridgehead atoms. The van der Waals surface area contributed by atoms with Gasteiger partial charge in [-0.1, -0.05) is 5.16 Å². The maximum absolute atomic E-state index is 11.3. The van der Waals surface area contributed by atoms with E-state index in [1.54, 1.807) is 0 Å². The van der Waals surface area contributed by atoms with E-state index < -0.39 is 17.2 Å². The molecule has 0 aliphatic heterocycles. The number of hydrogen-bond acceptors (Lipinski definition) is 5. The summed E-state index contributed by atoms with van der Waals surface area (Å²) in [6, 6.07) is 2.38. The SMILES string of the molecule is O=C(O)c1cc(Cn2ccc(=O)[nH]c2=O)on1. The molecule has 2 N–H and O–H groups in total. The van der Waals surface area contributed by atoms with Gasteiger partial charge in [0, 0.05) is 18.3 Å². The van der Waals surface area contributed by atoms with Crippen molar-refractivity contribution in [3.05, 3.63) is 50.6 Å². The average molecular weight is 237 g/mol. The highest BCUT2D eigenvalue weighted by molar-refractivity contribution is 5.85. The Morgan fingerprint density at radius 1 is 1.53 bits per heavy atom. The van der Waals surface area contributed by atoms with Crippen molar-refractivity contribution < 1.29 is 14.4 Å². The van der Waals surface area contributed by atoms with E-state index in [2.05, 4.69) is 10.1 Å². The Hall–Kier alpha value is -2.64. The number of carbonyl (C=O) groups is 1. The summed E-state index contributed by atoms with van der Waals surface area (Å²) in [5.74, 6) is -1.01. The summed E-state index contributed by atoms with van der Waals surface area (Å²) in [5.41, 5.74) is -1.35. The van der Waals surface area contributed by atoms with Gasteiger partial charge in [-0.2, -0.15) is 0 Å². The van der Waals surface area contributed by atoms with E-state index in [9.17, 15) is 14.4 Å². The summed E-state index contributed by atoms with van der Waals surface area (Å²) in [4.78, 5) is 34.7. The number of hydrogen-bond donors (Lipinski definition) is 2. The molecule has 0 saturated carbocycles. The van der Waals surface area contributed by atoms with Crippen LogP contribution in [0.2, 0.25) is 0 Å². The topological polar surface area (TPSA) is 118 Å². The molecule has 0 saturated heterocycles. The largest absolute Gasteiger partial charge is 0.476 e. The minimum atomic E-state index is -1.21. The van der Waals surface area contributed by atoms with Gasteiger partial charge in [0.1, 0.15) is 0 Å². The molecule has 0 spiro atoms. The quantitative estimate of drug-likeness (QED) is 0.726. The van der Waals surface area contributed by atoms with E-state index >= 15 is 0 Å². The van der Waals surface area contributed by atoms with E-state index in [0.717, 1.165) is 4.57 Å². The number of H-pyrrole nitrogens is 1. The Labute approximate surface area is 93.1 Å². The third-order valence-corrected chi connectivity index (χ3v) is 2.00. The predicted octanol–water partition coefficient (Wildman–Crippen LogP) is -0.729. The Balaban J connectivity index is 2.28. The third-order valence-electron chi connectivity index (χ3n) is 2.00. The molecule has 0 aliphatic carbocycles. The summed E-state index contributed by atoms with van der Waals surface area (Å²) in [7, 11) is 0. The highest BCUT2D eigenvalue weighted by Crippen LogP contribution is 2.04. The number of nitrogens with one attached hydrogen (secondary N) is 1. The van der Waals surface area contributed by atoms with Crippen LogP contribution < -0.4 is 11.2 Å². The van der Waals surface area contributed by atoms with E-state index in [-0.39, 0.29) is 18.0 Å². The molecule has 8 heteroatoms. The predicted molar refractivity (Wildman–Crippen MR) is 53.9 cm³/mol. The number of carboxylic acid groups (broad SMARTS) is 1. The summed E-state index contributed by atoms with van der Waals surface area (Å²) in [6.07, 6.45) is 1.28. The van der Waals surface area contributed by atoms with Crippen LogP contribution in [0.15, 0.2) is 32.4 Å². The van der Waals surface area contributed by atoms with Gasteiger partial charge in [-0.05, 0) is 0 Å². The average Bonchev–Trinajstić information content (AvgIpc) is 2.71. The summed E-state index contributed by atoms with van der Waals surface area (Å²) in [5, 5.41) is 11.9. The molecular weight excluding hydrogens is 230 g/mol. The fraction of sp³-hybridized carbons (Fsp3) is 0.111. The first-order chi connectivity index (χ1) is 8.06. The smallest absolute Gasteiger partial charge is 0.358 e. The number of rotatable bonds is 3. The molecule has 8 nitrogen and oxygen atoms in total. The minimum Gasteiger partial charge on any atom is -0.476 e. The number of carboxylic acids is 1. The van der Waals surface area contributed by atoms with Crippen molar-refractivity contribution in [2.75, 3.05) is 0 Å². The highest BCUT2D eigenvalue weighted by atomic mass is 16.5. The molecule has 2 aromatic heterocycles. The van der Waals surface area contributed by atoms with Gasteiger partial charge in [-0.15, -0.1) is 0 Å². The molecule has 0 fully saturated rings. The molecule has 88 valence electrons. The maximum Gasteiger partial charge on any atom is 0.358 e. The van der Waals surface area contributed by atoms with Crippen LogP contribution >= 0.6 is 0 Å². The van der Waals surface area contributed by atoms with Gasteiger partial charge in [0.2, 0.25) is 0 Å². The van der Waals surface area contributed by atoms with Crippen LogP contribution in [0.1, 0.15) is 16.2 Å². The van der Waals surface area contributed by atoms with Crippen molar-refractivity contribution in [3.8, 4) is 0 Å². The summed E-state index contributed by atoms with van der Waals surface area (Å²) >= 11 is 0. The number of nitrogens with zero attached hydrogens (tertiary/aromatic N) is 2. The van der Waals surface area contributed by atoms with Crippen LogP contribution in [0.25, 0.3) is 0 Å². The zero-order valence-electron chi connectivity index (χ0n) is 8.41. The molecule has 0 radical (unpaired) electrons. The fourth-order valence-electron chi connectivity index (χ4n) is 1.22. The molecule has 0 aromatic carbocycles. The normalized spacial score (nSPS) is 10.4. The van der Waals surface area contributed by atoms with E-state index in [1.807, 2.05) is 0 Å². The van der Waals surface area contributed by atoms with Crippen molar-refractivity contribution >= 4 is 5.97 Å². The third kappa shape index (κ3) is 2.30. The van der Waals surface area contributed by atoms with Gasteiger partial charge in [0.25, 0.3) is 5.56 Å². The molecular formula is C9H7N3O5. The van der Waals surface area contributed by atoms with Gasteiger partial charge < -0.3 is 9.63 Å². The van der Waals surface area contributed by atoms with Crippen LogP contribution in [0, 0.1) is 0 Å². The molecule has 17 heavy (non-hydrogen) atoms. The Morgan fingerprint density at radius 2 is 2.29 bits per heavy atom. The second kappa shape index (κ2) is 4.08. The van der Waals surface area contributed by atoms with Crippen LogP contribution in [-0.2, 0) is 6.54 Å². The molecule has 0 atom stereocenters. The Bertz CT molecular complexity index is 666. The first-order valence-electron chi connectivity index (χ1n) is 4.55. The van der Waals surface area contributed by atoms with Crippen LogP contribution in [0.3, 0.4) is 0 Å². The zero-order valence-corrected chi connectivity index (χ0v) is 8.41. The van der Waals surface area contributed by atoms with Crippen molar-refractivity contribution in [1.82, 2.24) is 14.7 Å². The Kier molecular flexibility index (Phi) is 2.61. The maximum atomic E-state index is 11.3. The van der Waals surface area contributed by atoms with Gasteiger partial charge in [0.15, 0.2) is 11.5 Å². The number of aromatic nitrogens is 3. The highest BCUT2D eigenvalue weighted by Gasteiger charge is 2.11. The Morgan fingerprint density at radius 3 is 2.88 bits per heavy atom. The zero-order chi connectivity index (χ0) is 12.4. The lowest BCUT2D eigenvalue weighted by Crippen LogP contribution is -2.28. The van der Waals surface area contributed by atoms with Crippen molar-refractivity contribution in [3.63, 3.8) is 0 Å². The molecule has 0 aliphatic rings. The first-order valence-corrected chi connectivity index (χ1v) is 4.55. The number of aromatic amines is 1. The molecule has 0 unspecified atom stereocenters. The summed E-state index contributed by atoms with van der Waals surface area (Å²) in [6.45, 7) is -0.00407.